The molecule has 0 unspecified atom stereocenters. The molecule has 6 nitrogen and oxygen atoms in total. The maximum absolute atomic E-state index is 12.1. The van der Waals surface area contributed by atoms with Gasteiger partial charge in [-0.15, -0.1) is 11.3 Å². The van der Waals surface area contributed by atoms with Crippen LogP contribution in [-0.2, 0) is 9.59 Å². The molecule has 1 aromatic carbocycles. The second-order valence-electron chi connectivity index (χ2n) is 6.02. The van der Waals surface area contributed by atoms with E-state index in [0.717, 1.165) is 16.9 Å². The Kier molecular flexibility index (Phi) is 4.28. The molecule has 2 heterocycles. The first-order chi connectivity index (χ1) is 11.4. The second kappa shape index (κ2) is 6.24. The molecular formula is C17H19N3O3S. The van der Waals surface area contributed by atoms with Gasteiger partial charge in [0.05, 0.1) is 11.4 Å². The van der Waals surface area contributed by atoms with Gasteiger partial charge >= 0.3 is 0 Å². The highest BCUT2D eigenvalue weighted by Gasteiger charge is 2.29. The Hall–Kier alpha value is -2.41. The Labute approximate surface area is 144 Å². The summed E-state index contributed by atoms with van der Waals surface area (Å²) in [5.74, 6) is 0.439. The molecule has 0 fully saturated rings. The van der Waals surface area contributed by atoms with E-state index in [-0.39, 0.29) is 17.7 Å². The highest BCUT2D eigenvalue weighted by Crippen LogP contribution is 2.37. The SMILES string of the molecule is CC(C)C(=O)Nc1nc(-c2ccc3c(c2)N(C)C(=O)[C@H](C)O3)cs1. The van der Waals surface area contributed by atoms with E-state index in [1.54, 1.807) is 18.9 Å². The highest BCUT2D eigenvalue weighted by molar-refractivity contribution is 7.14. The first kappa shape index (κ1) is 16.4. The maximum Gasteiger partial charge on any atom is 0.267 e. The number of rotatable bonds is 3. The average molecular weight is 345 g/mol. The summed E-state index contributed by atoms with van der Waals surface area (Å²) in [6.45, 7) is 5.40. The minimum Gasteiger partial charge on any atom is -0.479 e. The molecule has 0 radical (unpaired) electrons. The average Bonchev–Trinajstić information content (AvgIpc) is 3.01. The summed E-state index contributed by atoms with van der Waals surface area (Å²) in [6, 6.07) is 5.62. The fourth-order valence-corrected chi connectivity index (χ4v) is 3.11. The van der Waals surface area contributed by atoms with Gasteiger partial charge in [-0.1, -0.05) is 13.8 Å². The highest BCUT2D eigenvalue weighted by atomic mass is 32.1. The van der Waals surface area contributed by atoms with Crippen LogP contribution in [0.2, 0.25) is 0 Å². The van der Waals surface area contributed by atoms with Crippen molar-refractivity contribution in [1.29, 1.82) is 0 Å². The topological polar surface area (TPSA) is 71.5 Å². The summed E-state index contributed by atoms with van der Waals surface area (Å²) in [4.78, 5) is 29.9. The second-order valence-corrected chi connectivity index (χ2v) is 6.88. The number of aromatic nitrogens is 1. The van der Waals surface area contributed by atoms with Crippen molar-refractivity contribution in [2.24, 2.45) is 5.92 Å². The number of hydrogen-bond acceptors (Lipinski definition) is 5. The number of anilines is 2. The fourth-order valence-electron chi connectivity index (χ4n) is 2.38. The molecule has 1 aliphatic rings. The van der Waals surface area contributed by atoms with E-state index >= 15 is 0 Å². The number of thiazole rings is 1. The Morgan fingerprint density at radius 2 is 2.17 bits per heavy atom. The quantitative estimate of drug-likeness (QED) is 0.927. The van der Waals surface area contributed by atoms with E-state index in [1.165, 1.54) is 11.3 Å². The van der Waals surface area contributed by atoms with Crippen molar-refractivity contribution in [3.8, 4) is 17.0 Å². The van der Waals surface area contributed by atoms with Gasteiger partial charge < -0.3 is 15.0 Å². The van der Waals surface area contributed by atoms with Crippen LogP contribution in [-0.4, -0.2) is 29.9 Å². The van der Waals surface area contributed by atoms with Gasteiger partial charge in [0.15, 0.2) is 11.2 Å². The summed E-state index contributed by atoms with van der Waals surface area (Å²) in [5, 5.41) is 5.24. The minimum absolute atomic E-state index is 0.0611. The van der Waals surface area contributed by atoms with E-state index in [9.17, 15) is 9.59 Å². The summed E-state index contributed by atoms with van der Waals surface area (Å²) in [5.41, 5.74) is 2.34. The van der Waals surface area contributed by atoms with Gasteiger partial charge in [0.2, 0.25) is 5.91 Å². The van der Waals surface area contributed by atoms with Gasteiger partial charge in [-0.05, 0) is 25.1 Å². The number of likely N-dealkylation sites (N-methyl/N-ethyl adjacent to an activating group) is 1. The Morgan fingerprint density at radius 3 is 2.88 bits per heavy atom. The molecule has 0 spiro atoms. The number of amides is 2. The Morgan fingerprint density at radius 1 is 1.42 bits per heavy atom. The Balaban J connectivity index is 1.88. The lowest BCUT2D eigenvalue weighted by Gasteiger charge is -2.30. The summed E-state index contributed by atoms with van der Waals surface area (Å²) < 4.78 is 5.62. The van der Waals surface area contributed by atoms with Gasteiger partial charge in [-0.3, -0.25) is 9.59 Å². The van der Waals surface area contributed by atoms with Crippen LogP contribution in [0, 0.1) is 5.92 Å². The van der Waals surface area contributed by atoms with Crippen molar-refractivity contribution in [1.82, 2.24) is 4.98 Å². The lowest BCUT2D eigenvalue weighted by Crippen LogP contribution is -2.41. The van der Waals surface area contributed by atoms with Crippen LogP contribution in [0.5, 0.6) is 5.75 Å². The van der Waals surface area contributed by atoms with Crippen molar-refractivity contribution < 1.29 is 14.3 Å². The van der Waals surface area contributed by atoms with E-state index in [1.807, 2.05) is 37.4 Å². The molecule has 3 rings (SSSR count). The van der Waals surface area contributed by atoms with Crippen LogP contribution in [0.25, 0.3) is 11.3 Å². The van der Waals surface area contributed by atoms with Crippen LogP contribution in [0.15, 0.2) is 23.6 Å². The van der Waals surface area contributed by atoms with Crippen LogP contribution in [0.3, 0.4) is 0 Å². The molecule has 0 bridgehead atoms. The predicted molar refractivity (Wildman–Crippen MR) is 94.5 cm³/mol. The summed E-state index contributed by atoms with van der Waals surface area (Å²) in [7, 11) is 1.74. The van der Waals surface area contributed by atoms with Gasteiger partial charge in [0.25, 0.3) is 5.91 Å². The molecule has 1 N–H and O–H groups in total. The maximum atomic E-state index is 12.1. The normalized spacial score (nSPS) is 16.8. The van der Waals surface area contributed by atoms with Crippen molar-refractivity contribution in [3.05, 3.63) is 23.6 Å². The van der Waals surface area contributed by atoms with Gasteiger partial charge in [0.1, 0.15) is 5.75 Å². The molecule has 0 aliphatic carbocycles. The van der Waals surface area contributed by atoms with E-state index in [2.05, 4.69) is 10.3 Å². The molecule has 1 atom stereocenters. The van der Waals surface area contributed by atoms with Crippen molar-refractivity contribution in [2.75, 3.05) is 17.3 Å². The Bertz CT molecular complexity index is 800. The predicted octanol–water partition coefficient (Wildman–Crippen LogP) is 3.15. The van der Waals surface area contributed by atoms with E-state index in [0.29, 0.717) is 10.9 Å². The van der Waals surface area contributed by atoms with Gasteiger partial charge in [-0.25, -0.2) is 4.98 Å². The minimum atomic E-state index is -0.481. The third-order valence-electron chi connectivity index (χ3n) is 3.86. The lowest BCUT2D eigenvalue weighted by molar-refractivity contribution is -0.125. The number of benzene rings is 1. The summed E-state index contributed by atoms with van der Waals surface area (Å²) in [6.07, 6.45) is -0.481. The molecule has 24 heavy (non-hydrogen) atoms. The fraction of sp³-hybridized carbons (Fsp3) is 0.353. The van der Waals surface area contributed by atoms with Crippen LogP contribution in [0.4, 0.5) is 10.8 Å². The van der Waals surface area contributed by atoms with Crippen LogP contribution < -0.4 is 15.0 Å². The van der Waals surface area contributed by atoms with Crippen LogP contribution in [0.1, 0.15) is 20.8 Å². The monoisotopic (exact) mass is 345 g/mol. The molecular weight excluding hydrogens is 326 g/mol. The number of ether oxygens (including phenoxy) is 1. The number of hydrogen-bond donors (Lipinski definition) is 1. The molecule has 2 amide bonds. The molecule has 126 valence electrons. The van der Waals surface area contributed by atoms with E-state index in [4.69, 9.17) is 4.74 Å². The number of carbonyl (C=O) groups excluding carboxylic acids is 2. The van der Waals surface area contributed by atoms with Gasteiger partial charge in [0, 0.05) is 23.9 Å². The number of fused-ring (bicyclic) bond motifs is 1. The number of nitrogens with zero attached hydrogens (tertiary/aromatic N) is 2. The molecule has 2 aromatic rings. The van der Waals surface area contributed by atoms with Crippen molar-refractivity contribution in [3.63, 3.8) is 0 Å². The molecule has 1 aromatic heterocycles. The standard InChI is InChI=1S/C17H19N3O3S/c1-9(2)15(21)19-17-18-12(8-24-17)11-5-6-14-13(7-11)20(4)16(22)10(3)23-14/h5-10H,1-4H3,(H,18,19,21)/t10-/m0/s1. The zero-order chi connectivity index (χ0) is 17.4. The zero-order valence-electron chi connectivity index (χ0n) is 14.0. The molecule has 0 saturated carbocycles. The van der Waals surface area contributed by atoms with Crippen molar-refractivity contribution in [2.45, 2.75) is 26.9 Å². The first-order valence-electron chi connectivity index (χ1n) is 7.72. The zero-order valence-corrected chi connectivity index (χ0v) is 14.8. The number of nitrogens with one attached hydrogen (secondary N) is 1. The van der Waals surface area contributed by atoms with E-state index < -0.39 is 6.10 Å². The van der Waals surface area contributed by atoms with Crippen molar-refractivity contribution >= 4 is 34.0 Å². The van der Waals surface area contributed by atoms with Gasteiger partial charge in [-0.2, -0.15) is 0 Å². The molecule has 1 aliphatic heterocycles. The van der Waals surface area contributed by atoms with Crippen LogP contribution >= 0.6 is 11.3 Å². The lowest BCUT2D eigenvalue weighted by atomic mass is 10.1. The molecule has 7 heteroatoms. The smallest absolute Gasteiger partial charge is 0.267 e. The molecule has 0 saturated heterocycles. The third-order valence-corrected chi connectivity index (χ3v) is 4.61. The first-order valence-corrected chi connectivity index (χ1v) is 8.60. The summed E-state index contributed by atoms with van der Waals surface area (Å²) >= 11 is 1.37. The third kappa shape index (κ3) is 2.99. The number of carbonyl (C=O) groups is 2. The largest absolute Gasteiger partial charge is 0.479 e.